The van der Waals surface area contributed by atoms with E-state index in [0.717, 1.165) is 11.1 Å². The van der Waals surface area contributed by atoms with Crippen molar-refractivity contribution in [1.82, 2.24) is 0 Å². The van der Waals surface area contributed by atoms with Gasteiger partial charge in [-0.15, -0.1) is 6.42 Å². The van der Waals surface area contributed by atoms with Crippen molar-refractivity contribution in [1.29, 1.82) is 0 Å². The zero-order chi connectivity index (χ0) is 13.7. The molecule has 2 rings (SSSR count). The molecule has 0 aliphatic rings. The standard InChI is InChI=1S/C17H12O2/c1-2-13-7-9-14(10-8-13)11-12-17(19)15-5-3-4-6-16(15)18/h1,3-12,18H. The topological polar surface area (TPSA) is 37.3 Å². The van der Waals surface area contributed by atoms with Gasteiger partial charge in [-0.3, -0.25) is 4.79 Å². The van der Waals surface area contributed by atoms with E-state index in [0.29, 0.717) is 5.56 Å². The first-order valence-electron chi connectivity index (χ1n) is 5.78. The molecule has 0 spiro atoms. The average Bonchev–Trinajstić information content (AvgIpc) is 2.46. The first-order valence-corrected chi connectivity index (χ1v) is 5.78. The summed E-state index contributed by atoms with van der Waals surface area (Å²) in [6.45, 7) is 0. The Morgan fingerprint density at radius 1 is 1.11 bits per heavy atom. The molecular formula is C17H12O2. The van der Waals surface area contributed by atoms with E-state index in [2.05, 4.69) is 5.92 Å². The fourth-order valence-corrected chi connectivity index (χ4v) is 1.63. The molecule has 0 amide bonds. The number of hydrogen-bond acceptors (Lipinski definition) is 2. The number of para-hydroxylation sites is 1. The van der Waals surface area contributed by atoms with Gasteiger partial charge in [0, 0.05) is 5.56 Å². The Morgan fingerprint density at radius 3 is 2.42 bits per heavy atom. The van der Waals surface area contributed by atoms with Gasteiger partial charge in [-0.25, -0.2) is 0 Å². The number of hydrogen-bond donors (Lipinski definition) is 1. The van der Waals surface area contributed by atoms with Crippen LogP contribution in [0.3, 0.4) is 0 Å². The van der Waals surface area contributed by atoms with Crippen molar-refractivity contribution in [2.75, 3.05) is 0 Å². The number of rotatable bonds is 3. The molecule has 0 aliphatic heterocycles. The van der Waals surface area contributed by atoms with Crippen molar-refractivity contribution in [3.05, 3.63) is 71.3 Å². The summed E-state index contributed by atoms with van der Waals surface area (Å²) in [7, 11) is 0. The minimum atomic E-state index is -0.237. The van der Waals surface area contributed by atoms with E-state index in [1.807, 2.05) is 24.3 Å². The normalized spacial score (nSPS) is 10.3. The van der Waals surface area contributed by atoms with Gasteiger partial charge in [0.2, 0.25) is 0 Å². The number of phenolic OH excluding ortho intramolecular Hbond substituents is 1. The Bertz CT molecular complexity index is 658. The van der Waals surface area contributed by atoms with E-state index in [1.54, 1.807) is 24.3 Å². The Hall–Kier alpha value is -2.79. The van der Waals surface area contributed by atoms with Gasteiger partial charge in [-0.2, -0.15) is 0 Å². The summed E-state index contributed by atoms with van der Waals surface area (Å²) < 4.78 is 0. The van der Waals surface area contributed by atoms with Crippen LogP contribution in [0.5, 0.6) is 5.75 Å². The molecular weight excluding hydrogens is 236 g/mol. The summed E-state index contributed by atoms with van der Waals surface area (Å²) >= 11 is 0. The number of benzene rings is 2. The van der Waals surface area contributed by atoms with Gasteiger partial charge in [0.1, 0.15) is 5.75 Å². The van der Waals surface area contributed by atoms with Crippen LogP contribution in [0.25, 0.3) is 6.08 Å². The fourth-order valence-electron chi connectivity index (χ4n) is 1.63. The van der Waals surface area contributed by atoms with Crippen LogP contribution >= 0.6 is 0 Å². The molecule has 0 bridgehead atoms. The lowest BCUT2D eigenvalue weighted by molar-refractivity contribution is 0.104. The van der Waals surface area contributed by atoms with Gasteiger partial charge in [0.25, 0.3) is 0 Å². The molecule has 0 fully saturated rings. The number of carbonyl (C=O) groups excluding carboxylic acids is 1. The first-order chi connectivity index (χ1) is 9.20. The maximum Gasteiger partial charge on any atom is 0.189 e. The number of aromatic hydroxyl groups is 1. The summed E-state index contributed by atoms with van der Waals surface area (Å²) in [4.78, 5) is 11.9. The summed E-state index contributed by atoms with van der Waals surface area (Å²) in [6.07, 6.45) is 8.38. The SMILES string of the molecule is C#Cc1ccc(C=CC(=O)c2ccccc2O)cc1. The maximum absolute atomic E-state index is 11.9. The predicted molar refractivity (Wildman–Crippen MR) is 75.8 cm³/mol. The van der Waals surface area contributed by atoms with E-state index in [1.165, 1.54) is 12.1 Å². The van der Waals surface area contributed by atoms with Crippen LogP contribution in [0.2, 0.25) is 0 Å². The molecule has 0 heterocycles. The van der Waals surface area contributed by atoms with Gasteiger partial charge in [-0.1, -0.05) is 36.3 Å². The Labute approximate surface area is 112 Å². The van der Waals surface area contributed by atoms with E-state index in [-0.39, 0.29) is 11.5 Å². The van der Waals surface area contributed by atoms with E-state index < -0.39 is 0 Å². The average molecular weight is 248 g/mol. The van der Waals surface area contributed by atoms with E-state index in [4.69, 9.17) is 6.42 Å². The molecule has 2 nitrogen and oxygen atoms in total. The quantitative estimate of drug-likeness (QED) is 0.514. The molecule has 2 aromatic carbocycles. The van der Waals surface area contributed by atoms with Crippen molar-refractivity contribution in [3.8, 4) is 18.1 Å². The number of ketones is 1. The molecule has 0 radical (unpaired) electrons. The van der Waals surface area contributed by atoms with E-state index in [9.17, 15) is 9.90 Å². The Morgan fingerprint density at radius 2 is 1.79 bits per heavy atom. The minimum absolute atomic E-state index is 0.0140. The highest BCUT2D eigenvalue weighted by Gasteiger charge is 2.06. The molecule has 1 N–H and O–H groups in total. The molecule has 0 saturated carbocycles. The van der Waals surface area contributed by atoms with Crippen LogP contribution in [0.15, 0.2) is 54.6 Å². The third-order valence-electron chi connectivity index (χ3n) is 2.67. The highest BCUT2D eigenvalue weighted by molar-refractivity contribution is 6.08. The second-order valence-electron chi connectivity index (χ2n) is 3.98. The summed E-state index contributed by atoms with van der Waals surface area (Å²) in [5.41, 5.74) is 1.96. The summed E-state index contributed by atoms with van der Waals surface area (Å²) in [5, 5.41) is 9.57. The molecule has 92 valence electrons. The zero-order valence-corrected chi connectivity index (χ0v) is 10.2. The second kappa shape index (κ2) is 5.70. The van der Waals surface area contributed by atoms with Crippen molar-refractivity contribution in [2.45, 2.75) is 0 Å². The number of allylic oxidation sites excluding steroid dienone is 1. The van der Waals surface area contributed by atoms with E-state index >= 15 is 0 Å². The molecule has 0 aliphatic carbocycles. The molecule has 0 aromatic heterocycles. The van der Waals surface area contributed by atoms with Gasteiger partial charge < -0.3 is 5.11 Å². The fraction of sp³-hybridized carbons (Fsp3) is 0. The molecule has 2 aromatic rings. The predicted octanol–water partition coefficient (Wildman–Crippen LogP) is 3.27. The van der Waals surface area contributed by atoms with Crippen LogP contribution in [-0.2, 0) is 0 Å². The van der Waals surface area contributed by atoms with Crippen molar-refractivity contribution < 1.29 is 9.90 Å². The first kappa shape index (κ1) is 12.7. The van der Waals surface area contributed by atoms with Gasteiger partial charge >= 0.3 is 0 Å². The Balaban J connectivity index is 2.16. The molecule has 0 unspecified atom stereocenters. The van der Waals surface area contributed by atoms with Crippen molar-refractivity contribution in [2.24, 2.45) is 0 Å². The Kier molecular flexibility index (Phi) is 3.80. The smallest absolute Gasteiger partial charge is 0.189 e. The van der Waals surface area contributed by atoms with Crippen molar-refractivity contribution in [3.63, 3.8) is 0 Å². The highest BCUT2D eigenvalue weighted by atomic mass is 16.3. The number of terminal acetylenes is 1. The van der Waals surface area contributed by atoms with Gasteiger partial charge in [0.15, 0.2) is 5.78 Å². The van der Waals surface area contributed by atoms with Gasteiger partial charge in [-0.05, 0) is 35.9 Å². The molecule has 2 heteroatoms. The molecule has 0 atom stereocenters. The van der Waals surface area contributed by atoms with Crippen LogP contribution in [0.4, 0.5) is 0 Å². The molecule has 0 saturated heterocycles. The van der Waals surface area contributed by atoms with Crippen LogP contribution < -0.4 is 0 Å². The largest absolute Gasteiger partial charge is 0.507 e. The number of carbonyl (C=O) groups is 1. The summed E-state index contributed by atoms with van der Waals surface area (Å²) in [6, 6.07) is 13.8. The lowest BCUT2D eigenvalue weighted by atomic mass is 10.1. The minimum Gasteiger partial charge on any atom is -0.507 e. The lowest BCUT2D eigenvalue weighted by Gasteiger charge is -1.99. The van der Waals surface area contributed by atoms with Crippen LogP contribution in [0.1, 0.15) is 21.5 Å². The van der Waals surface area contributed by atoms with Crippen LogP contribution in [0, 0.1) is 12.3 Å². The second-order valence-corrected chi connectivity index (χ2v) is 3.98. The van der Waals surface area contributed by atoms with Crippen molar-refractivity contribution >= 4 is 11.9 Å². The lowest BCUT2D eigenvalue weighted by Crippen LogP contribution is -1.94. The highest BCUT2D eigenvalue weighted by Crippen LogP contribution is 2.17. The maximum atomic E-state index is 11.9. The monoisotopic (exact) mass is 248 g/mol. The third kappa shape index (κ3) is 3.11. The third-order valence-corrected chi connectivity index (χ3v) is 2.67. The number of phenols is 1. The zero-order valence-electron chi connectivity index (χ0n) is 10.2. The summed E-state index contributed by atoms with van der Waals surface area (Å²) in [5.74, 6) is 2.28. The van der Waals surface area contributed by atoms with Gasteiger partial charge in [0.05, 0.1) is 5.56 Å². The molecule has 19 heavy (non-hydrogen) atoms. The van der Waals surface area contributed by atoms with Crippen LogP contribution in [-0.4, -0.2) is 10.9 Å².